The van der Waals surface area contributed by atoms with Gasteiger partial charge in [-0.3, -0.25) is 0 Å². The number of rotatable bonds is 1. The van der Waals surface area contributed by atoms with Crippen LogP contribution in [0.3, 0.4) is 0 Å². The molecule has 0 unspecified atom stereocenters. The molecule has 17 heavy (non-hydrogen) atoms. The largest absolute Gasteiger partial charge is 0.446 e. The SMILES string of the molecule is N#Cc1cc2cc(N3CCNCC3)ccc2o1. The van der Waals surface area contributed by atoms with Gasteiger partial charge in [0.2, 0.25) is 5.76 Å². The first-order chi connectivity index (χ1) is 8.36. The molecule has 1 saturated heterocycles. The maximum absolute atomic E-state index is 8.79. The summed E-state index contributed by atoms with van der Waals surface area (Å²) >= 11 is 0. The number of benzene rings is 1. The van der Waals surface area contributed by atoms with Crippen molar-refractivity contribution in [2.45, 2.75) is 0 Å². The van der Waals surface area contributed by atoms with Gasteiger partial charge in [-0.05, 0) is 18.2 Å². The second kappa shape index (κ2) is 4.11. The van der Waals surface area contributed by atoms with Crippen LogP contribution in [0.4, 0.5) is 5.69 Å². The highest BCUT2D eigenvalue weighted by atomic mass is 16.3. The molecule has 0 bridgehead atoms. The normalized spacial score (nSPS) is 16.1. The van der Waals surface area contributed by atoms with Crippen LogP contribution in [0.25, 0.3) is 11.0 Å². The summed E-state index contributed by atoms with van der Waals surface area (Å²) in [7, 11) is 0. The predicted octanol–water partition coefficient (Wildman–Crippen LogP) is 1.71. The Morgan fingerprint density at radius 2 is 2.06 bits per heavy atom. The number of fused-ring (bicyclic) bond motifs is 1. The first-order valence-corrected chi connectivity index (χ1v) is 5.76. The molecular weight excluding hydrogens is 214 g/mol. The van der Waals surface area contributed by atoms with Crippen molar-refractivity contribution < 1.29 is 4.42 Å². The minimum absolute atomic E-state index is 0.373. The third-order valence-corrected chi connectivity index (χ3v) is 3.09. The summed E-state index contributed by atoms with van der Waals surface area (Å²) in [5.74, 6) is 0.373. The maximum Gasteiger partial charge on any atom is 0.204 e. The lowest BCUT2D eigenvalue weighted by Gasteiger charge is -2.29. The summed E-state index contributed by atoms with van der Waals surface area (Å²) in [6, 6.07) is 9.90. The van der Waals surface area contributed by atoms with E-state index >= 15 is 0 Å². The van der Waals surface area contributed by atoms with Gasteiger partial charge in [-0.1, -0.05) is 0 Å². The van der Waals surface area contributed by atoms with Gasteiger partial charge in [-0.25, -0.2) is 0 Å². The van der Waals surface area contributed by atoms with Gasteiger partial charge in [0, 0.05) is 43.3 Å². The van der Waals surface area contributed by atoms with Gasteiger partial charge < -0.3 is 14.6 Å². The Morgan fingerprint density at radius 3 is 2.82 bits per heavy atom. The molecule has 0 radical (unpaired) electrons. The van der Waals surface area contributed by atoms with Gasteiger partial charge >= 0.3 is 0 Å². The molecule has 1 aromatic heterocycles. The summed E-state index contributed by atoms with van der Waals surface area (Å²) in [5, 5.41) is 13.1. The fourth-order valence-corrected chi connectivity index (χ4v) is 2.21. The summed E-state index contributed by atoms with van der Waals surface area (Å²) in [4.78, 5) is 2.34. The van der Waals surface area contributed by atoms with Crippen LogP contribution >= 0.6 is 0 Å². The minimum atomic E-state index is 0.373. The number of piperazine rings is 1. The van der Waals surface area contributed by atoms with Crippen LogP contribution in [0.2, 0.25) is 0 Å². The van der Waals surface area contributed by atoms with E-state index in [1.807, 2.05) is 12.1 Å². The lowest BCUT2D eigenvalue weighted by Crippen LogP contribution is -2.43. The number of furan rings is 1. The average molecular weight is 227 g/mol. The van der Waals surface area contributed by atoms with E-state index in [4.69, 9.17) is 9.68 Å². The molecule has 4 heteroatoms. The molecule has 0 spiro atoms. The van der Waals surface area contributed by atoms with Gasteiger partial charge in [-0.15, -0.1) is 0 Å². The lowest BCUT2D eigenvalue weighted by atomic mass is 10.2. The van der Waals surface area contributed by atoms with Gasteiger partial charge in [0.15, 0.2) is 0 Å². The van der Waals surface area contributed by atoms with Crippen molar-refractivity contribution in [3.05, 3.63) is 30.0 Å². The van der Waals surface area contributed by atoms with Crippen molar-refractivity contribution in [2.24, 2.45) is 0 Å². The zero-order valence-electron chi connectivity index (χ0n) is 9.44. The Labute approximate surface area is 99.4 Å². The molecule has 2 aromatic rings. The molecule has 0 amide bonds. The van der Waals surface area contributed by atoms with Crippen molar-refractivity contribution in [1.82, 2.24) is 5.32 Å². The van der Waals surface area contributed by atoms with E-state index in [2.05, 4.69) is 22.3 Å². The van der Waals surface area contributed by atoms with Crippen LogP contribution in [-0.4, -0.2) is 26.2 Å². The van der Waals surface area contributed by atoms with E-state index in [1.165, 1.54) is 5.69 Å². The molecule has 1 fully saturated rings. The Balaban J connectivity index is 1.98. The van der Waals surface area contributed by atoms with E-state index < -0.39 is 0 Å². The number of nitriles is 1. The zero-order valence-corrected chi connectivity index (χ0v) is 9.44. The first kappa shape index (κ1) is 10.2. The molecule has 1 aromatic carbocycles. The Morgan fingerprint density at radius 1 is 1.24 bits per heavy atom. The van der Waals surface area contributed by atoms with Crippen molar-refractivity contribution in [3.8, 4) is 6.07 Å². The third kappa shape index (κ3) is 1.85. The van der Waals surface area contributed by atoms with Gasteiger partial charge in [0.05, 0.1) is 0 Å². The highest BCUT2D eigenvalue weighted by Gasteiger charge is 2.11. The Bertz CT molecular complexity index is 576. The summed E-state index contributed by atoms with van der Waals surface area (Å²) in [5.41, 5.74) is 1.98. The Hall–Kier alpha value is -1.99. The molecule has 0 saturated carbocycles. The second-order valence-electron chi connectivity index (χ2n) is 4.18. The van der Waals surface area contributed by atoms with Gasteiger partial charge in [0.1, 0.15) is 11.7 Å². The first-order valence-electron chi connectivity index (χ1n) is 5.76. The highest BCUT2D eigenvalue weighted by molar-refractivity contribution is 5.82. The molecule has 4 nitrogen and oxygen atoms in total. The predicted molar refractivity (Wildman–Crippen MR) is 66.0 cm³/mol. The summed E-state index contributed by atoms with van der Waals surface area (Å²) in [6.07, 6.45) is 0. The maximum atomic E-state index is 8.79. The number of hydrogen-bond donors (Lipinski definition) is 1. The van der Waals surface area contributed by atoms with E-state index in [0.29, 0.717) is 5.76 Å². The molecule has 1 N–H and O–H groups in total. The number of nitrogens with one attached hydrogen (secondary N) is 1. The number of anilines is 1. The summed E-state index contributed by atoms with van der Waals surface area (Å²) in [6.45, 7) is 4.09. The van der Waals surface area contributed by atoms with Crippen molar-refractivity contribution >= 4 is 16.7 Å². The van der Waals surface area contributed by atoms with Crippen LogP contribution in [0.15, 0.2) is 28.7 Å². The van der Waals surface area contributed by atoms with Crippen molar-refractivity contribution in [3.63, 3.8) is 0 Å². The van der Waals surface area contributed by atoms with E-state index in [1.54, 1.807) is 6.07 Å². The van der Waals surface area contributed by atoms with Crippen LogP contribution in [-0.2, 0) is 0 Å². The van der Waals surface area contributed by atoms with E-state index in [-0.39, 0.29) is 0 Å². The van der Waals surface area contributed by atoms with Crippen molar-refractivity contribution in [2.75, 3.05) is 31.1 Å². The van der Waals surface area contributed by atoms with E-state index in [9.17, 15) is 0 Å². The molecule has 1 aliphatic heterocycles. The fourth-order valence-electron chi connectivity index (χ4n) is 2.21. The molecule has 2 heterocycles. The van der Waals surface area contributed by atoms with Gasteiger partial charge in [0.25, 0.3) is 0 Å². The Kier molecular flexibility index (Phi) is 2.46. The third-order valence-electron chi connectivity index (χ3n) is 3.09. The molecule has 0 aliphatic carbocycles. The number of hydrogen-bond acceptors (Lipinski definition) is 4. The number of nitrogens with zero attached hydrogens (tertiary/aromatic N) is 2. The second-order valence-corrected chi connectivity index (χ2v) is 4.18. The highest BCUT2D eigenvalue weighted by Crippen LogP contribution is 2.25. The smallest absolute Gasteiger partial charge is 0.204 e. The molecule has 3 rings (SSSR count). The van der Waals surface area contributed by atoms with Crippen molar-refractivity contribution in [1.29, 1.82) is 5.26 Å². The zero-order chi connectivity index (χ0) is 11.7. The molecule has 0 atom stereocenters. The topological polar surface area (TPSA) is 52.2 Å². The molecule has 1 aliphatic rings. The molecule has 86 valence electrons. The lowest BCUT2D eigenvalue weighted by molar-refractivity contribution is 0.588. The monoisotopic (exact) mass is 227 g/mol. The summed E-state index contributed by atoms with van der Waals surface area (Å²) < 4.78 is 5.37. The van der Waals surface area contributed by atoms with Gasteiger partial charge in [-0.2, -0.15) is 5.26 Å². The van der Waals surface area contributed by atoms with Crippen LogP contribution in [0, 0.1) is 11.3 Å². The average Bonchev–Trinajstić information content (AvgIpc) is 2.81. The quantitative estimate of drug-likeness (QED) is 0.805. The van der Waals surface area contributed by atoms with Crippen LogP contribution in [0.1, 0.15) is 5.76 Å². The van der Waals surface area contributed by atoms with Crippen LogP contribution in [0.5, 0.6) is 0 Å². The minimum Gasteiger partial charge on any atom is -0.446 e. The molecular formula is C13H13N3O. The van der Waals surface area contributed by atoms with Crippen LogP contribution < -0.4 is 10.2 Å². The standard InChI is InChI=1S/C13H13N3O/c14-9-12-8-10-7-11(1-2-13(10)17-12)16-5-3-15-4-6-16/h1-2,7-8,15H,3-6H2. The fraction of sp³-hybridized carbons (Fsp3) is 0.308. The van der Waals surface area contributed by atoms with E-state index in [0.717, 1.165) is 37.1 Å².